The number of nitrogens with zero attached hydrogens (tertiary/aromatic N) is 4. The maximum atomic E-state index is 12.5. The van der Waals surface area contributed by atoms with Gasteiger partial charge in [0.25, 0.3) is 0 Å². The van der Waals surface area contributed by atoms with Crippen LogP contribution in [0.15, 0.2) is 40.5 Å². The van der Waals surface area contributed by atoms with Gasteiger partial charge in [0, 0.05) is 0 Å². The molecule has 0 saturated heterocycles. The van der Waals surface area contributed by atoms with Crippen molar-refractivity contribution in [2.45, 2.75) is 41.8 Å². The van der Waals surface area contributed by atoms with Crippen LogP contribution in [0.2, 0.25) is 0 Å². The Hall–Kier alpha value is -2.59. The summed E-state index contributed by atoms with van der Waals surface area (Å²) in [6.07, 6.45) is -10.7. The number of alkyl halides is 6. The smallest absolute Gasteiger partial charge is 0.412 e. The van der Waals surface area contributed by atoms with E-state index in [9.17, 15) is 36.0 Å². The molecule has 0 aliphatic rings. The quantitative estimate of drug-likeness (QED) is 0.183. The zero-order valence-corrected chi connectivity index (χ0v) is 20.6. The number of phenolic OH excluding ortho intramolecular Hbond substituents is 1. The van der Waals surface area contributed by atoms with Gasteiger partial charge >= 0.3 is 19.9 Å². The van der Waals surface area contributed by atoms with Crippen molar-refractivity contribution in [3.05, 3.63) is 30.6 Å². The van der Waals surface area contributed by atoms with Gasteiger partial charge in [0.15, 0.2) is 18.9 Å². The summed E-state index contributed by atoms with van der Waals surface area (Å²) >= 11 is 1.08. The second kappa shape index (κ2) is 11.4. The summed E-state index contributed by atoms with van der Waals surface area (Å²) in [7, 11) is -4.92. The summed E-state index contributed by atoms with van der Waals surface area (Å²) in [5.41, 5.74) is 6.35. The number of benzene rings is 1. The fourth-order valence-electron chi connectivity index (χ4n) is 2.79. The number of ether oxygens (including phenoxy) is 1. The van der Waals surface area contributed by atoms with Crippen LogP contribution in [-0.4, -0.2) is 62.6 Å². The van der Waals surface area contributed by atoms with E-state index in [-0.39, 0.29) is 23.9 Å². The summed E-state index contributed by atoms with van der Waals surface area (Å²) < 4.78 is 102. The van der Waals surface area contributed by atoms with Gasteiger partial charge in [-0.25, -0.2) is 9.97 Å². The second-order valence-electron chi connectivity index (χ2n) is 7.52. The number of hydrogen-bond donors (Lipinski definition) is 2. The largest absolute Gasteiger partial charge is 0.507 e. The minimum Gasteiger partial charge on any atom is -0.507 e. The number of para-hydroxylation sites is 1. The van der Waals surface area contributed by atoms with Crippen LogP contribution in [0.3, 0.4) is 0 Å². The Morgan fingerprint density at radius 2 is 1.73 bits per heavy atom. The fraction of sp³-hybridized carbons (Fsp3) is 0.421. The predicted octanol–water partition coefficient (Wildman–Crippen LogP) is 4.98. The molecule has 3 rings (SSSR count). The van der Waals surface area contributed by atoms with Gasteiger partial charge in [-0.2, -0.15) is 31.3 Å². The number of phenols is 1. The lowest BCUT2D eigenvalue weighted by molar-refractivity contribution is -0.166. The van der Waals surface area contributed by atoms with Gasteiger partial charge in [0.1, 0.15) is 22.6 Å². The number of anilines is 1. The molecule has 1 unspecified atom stereocenters. The van der Waals surface area contributed by atoms with Crippen LogP contribution in [0.1, 0.15) is 6.92 Å². The zero-order chi connectivity index (χ0) is 27.4. The molecule has 0 aliphatic carbocycles. The molecule has 18 heteroatoms. The minimum atomic E-state index is -4.95. The van der Waals surface area contributed by atoms with Crippen LogP contribution >= 0.6 is 19.4 Å². The first-order valence-corrected chi connectivity index (χ1v) is 12.8. The highest BCUT2D eigenvalue weighted by molar-refractivity contribution is 7.99. The summed E-state index contributed by atoms with van der Waals surface area (Å²) in [6, 6.07) is 6.48. The number of nitrogen functional groups attached to an aromatic ring is 1. The van der Waals surface area contributed by atoms with E-state index in [2.05, 4.69) is 24.0 Å². The van der Waals surface area contributed by atoms with E-state index >= 15 is 0 Å². The van der Waals surface area contributed by atoms with Gasteiger partial charge < -0.3 is 20.1 Å². The monoisotopic (exact) mass is 575 g/mol. The SMILES string of the molecule is CC(Cn1cnc2c(Sc3ccccc3O)nc(N)nc21)OCP(=O)(OCC(F)(F)F)OCC(F)(F)F. The average molecular weight is 575 g/mol. The number of aromatic nitrogens is 4. The lowest BCUT2D eigenvalue weighted by Crippen LogP contribution is -2.23. The van der Waals surface area contributed by atoms with Crippen molar-refractivity contribution in [2.24, 2.45) is 0 Å². The first-order valence-electron chi connectivity index (χ1n) is 10.2. The van der Waals surface area contributed by atoms with E-state index in [0.29, 0.717) is 15.4 Å². The molecule has 204 valence electrons. The third-order valence-electron chi connectivity index (χ3n) is 4.34. The highest BCUT2D eigenvalue weighted by atomic mass is 32.2. The van der Waals surface area contributed by atoms with Gasteiger partial charge in [0.2, 0.25) is 5.95 Å². The van der Waals surface area contributed by atoms with Gasteiger partial charge in [-0.3, -0.25) is 13.6 Å². The Morgan fingerprint density at radius 3 is 2.32 bits per heavy atom. The third kappa shape index (κ3) is 8.74. The van der Waals surface area contributed by atoms with E-state index in [0.717, 1.165) is 11.8 Å². The number of hydrogen-bond acceptors (Lipinski definition) is 10. The molecule has 1 aromatic carbocycles. The van der Waals surface area contributed by atoms with E-state index in [1.165, 1.54) is 23.9 Å². The van der Waals surface area contributed by atoms with Crippen LogP contribution < -0.4 is 5.73 Å². The second-order valence-corrected chi connectivity index (χ2v) is 10.5. The molecule has 1 atom stereocenters. The van der Waals surface area contributed by atoms with Crippen molar-refractivity contribution < 1.29 is 49.8 Å². The molecule has 0 fully saturated rings. The fourth-order valence-corrected chi connectivity index (χ4v) is 5.04. The molecule has 2 aromatic heterocycles. The molecule has 37 heavy (non-hydrogen) atoms. The Bertz CT molecular complexity index is 1250. The van der Waals surface area contributed by atoms with Crippen molar-refractivity contribution in [3.8, 4) is 5.75 Å². The lowest BCUT2D eigenvalue weighted by Gasteiger charge is -2.22. The average Bonchev–Trinajstić information content (AvgIpc) is 3.18. The van der Waals surface area contributed by atoms with Crippen molar-refractivity contribution in [2.75, 3.05) is 25.3 Å². The highest BCUT2D eigenvalue weighted by Crippen LogP contribution is 2.50. The van der Waals surface area contributed by atoms with E-state index < -0.39 is 45.6 Å². The van der Waals surface area contributed by atoms with Crippen molar-refractivity contribution >= 4 is 36.5 Å². The number of aromatic hydroxyl groups is 1. The summed E-state index contributed by atoms with van der Waals surface area (Å²) in [4.78, 5) is 13.0. The van der Waals surface area contributed by atoms with Gasteiger partial charge in [-0.15, -0.1) is 0 Å². The molecule has 0 radical (unpaired) electrons. The molecule has 0 bridgehead atoms. The van der Waals surface area contributed by atoms with E-state index in [1.807, 2.05) is 0 Å². The van der Waals surface area contributed by atoms with Crippen LogP contribution in [0.25, 0.3) is 11.2 Å². The zero-order valence-electron chi connectivity index (χ0n) is 18.9. The molecule has 0 aliphatic heterocycles. The summed E-state index contributed by atoms with van der Waals surface area (Å²) in [6.45, 7) is -2.81. The molecule has 0 spiro atoms. The normalized spacial score (nSPS) is 13.8. The first-order chi connectivity index (χ1) is 17.1. The first kappa shape index (κ1) is 29.0. The lowest BCUT2D eigenvalue weighted by atomic mass is 10.3. The number of rotatable bonds is 11. The molecular weight excluding hydrogens is 555 g/mol. The predicted molar refractivity (Wildman–Crippen MR) is 119 cm³/mol. The highest BCUT2D eigenvalue weighted by Gasteiger charge is 2.39. The van der Waals surface area contributed by atoms with Crippen LogP contribution in [0.4, 0.5) is 32.3 Å². The van der Waals surface area contributed by atoms with Gasteiger partial charge in [-0.1, -0.05) is 23.9 Å². The Balaban J connectivity index is 1.73. The molecule has 0 amide bonds. The van der Waals surface area contributed by atoms with E-state index in [4.69, 9.17) is 10.5 Å². The summed E-state index contributed by atoms with van der Waals surface area (Å²) in [5, 5.41) is 10.3. The van der Waals surface area contributed by atoms with Crippen LogP contribution in [0.5, 0.6) is 5.75 Å². The number of halogens is 6. The van der Waals surface area contributed by atoms with Crippen molar-refractivity contribution in [1.82, 2.24) is 19.5 Å². The Labute approximate surface area is 209 Å². The third-order valence-corrected chi connectivity index (χ3v) is 6.90. The Morgan fingerprint density at radius 1 is 1.11 bits per heavy atom. The molecule has 3 aromatic rings. The number of fused-ring (bicyclic) bond motifs is 1. The maximum Gasteiger partial charge on any atom is 0.412 e. The minimum absolute atomic E-state index is 0.00389. The molecule has 10 nitrogen and oxygen atoms in total. The standard InChI is InChI=1S/C19H20F6N5O5PS/c1-11(33-10-36(32,34-7-18(20,21)22)35-8-19(23,24)25)6-30-9-27-14-15(30)28-17(26)29-16(14)37-13-5-3-2-4-12(13)31/h2-5,9,11,31H,6-8,10H2,1H3,(H2,26,28,29). The number of nitrogens with two attached hydrogens (primary N) is 1. The van der Waals surface area contributed by atoms with Crippen molar-refractivity contribution in [3.63, 3.8) is 0 Å². The molecule has 0 saturated carbocycles. The Kier molecular flexibility index (Phi) is 8.95. The van der Waals surface area contributed by atoms with Gasteiger partial charge in [-0.05, 0) is 19.1 Å². The number of imidazole rings is 1. The van der Waals surface area contributed by atoms with Crippen LogP contribution in [0, 0.1) is 0 Å². The topological polar surface area (TPSA) is 135 Å². The van der Waals surface area contributed by atoms with Crippen molar-refractivity contribution in [1.29, 1.82) is 0 Å². The van der Waals surface area contributed by atoms with Gasteiger partial charge in [0.05, 0.1) is 23.9 Å². The molecule has 3 N–H and O–H groups in total. The van der Waals surface area contributed by atoms with E-state index in [1.54, 1.807) is 18.2 Å². The maximum absolute atomic E-state index is 12.5. The molecule has 2 heterocycles. The van der Waals surface area contributed by atoms with Crippen LogP contribution in [-0.2, 0) is 24.9 Å². The summed E-state index contributed by atoms with van der Waals surface area (Å²) in [5.74, 6) is -0.115. The molecular formula is C19H20F6N5O5PS.